The molecule has 2 heterocycles. The van der Waals surface area contributed by atoms with Crippen LogP contribution in [-0.4, -0.2) is 60.8 Å². The van der Waals surface area contributed by atoms with E-state index in [4.69, 9.17) is 4.74 Å². The Balaban J connectivity index is 1.38. The van der Waals surface area contributed by atoms with Crippen LogP contribution in [0.3, 0.4) is 0 Å². The number of rotatable bonds is 4. The van der Waals surface area contributed by atoms with Crippen molar-refractivity contribution in [2.75, 3.05) is 32.7 Å². The first-order valence-corrected chi connectivity index (χ1v) is 9.54. The Labute approximate surface area is 151 Å². The minimum atomic E-state index is 0.0657. The van der Waals surface area contributed by atoms with Gasteiger partial charge in [-0.2, -0.15) is 0 Å². The van der Waals surface area contributed by atoms with Gasteiger partial charge in [0.2, 0.25) is 0 Å². The number of amides is 2. The number of likely N-dealkylation sites (tertiary alicyclic amines) is 1. The number of benzene rings is 1. The molecular formula is C20H31N3O2. The topological polar surface area (TPSA) is 44.8 Å². The van der Waals surface area contributed by atoms with Crippen LogP contribution in [0.5, 0.6) is 0 Å². The molecule has 0 saturated carbocycles. The second-order valence-corrected chi connectivity index (χ2v) is 7.55. The quantitative estimate of drug-likeness (QED) is 0.913. The highest BCUT2D eigenvalue weighted by atomic mass is 16.5. The molecular weight excluding hydrogens is 314 g/mol. The predicted molar refractivity (Wildman–Crippen MR) is 99.4 cm³/mol. The Morgan fingerprint density at radius 1 is 1.12 bits per heavy atom. The molecule has 138 valence electrons. The summed E-state index contributed by atoms with van der Waals surface area (Å²) in [4.78, 5) is 16.8. The third-order valence-electron chi connectivity index (χ3n) is 5.20. The maximum atomic E-state index is 12.3. The number of morpholine rings is 1. The van der Waals surface area contributed by atoms with E-state index in [1.165, 1.54) is 0 Å². The zero-order valence-corrected chi connectivity index (χ0v) is 15.5. The molecule has 2 atom stereocenters. The van der Waals surface area contributed by atoms with Gasteiger partial charge in [0, 0.05) is 39.3 Å². The first-order chi connectivity index (χ1) is 12.1. The lowest BCUT2D eigenvalue weighted by molar-refractivity contribution is -0.0728. The summed E-state index contributed by atoms with van der Waals surface area (Å²) in [7, 11) is 0. The van der Waals surface area contributed by atoms with E-state index < -0.39 is 0 Å². The van der Waals surface area contributed by atoms with E-state index in [0.29, 0.717) is 24.7 Å². The van der Waals surface area contributed by atoms with Gasteiger partial charge in [0.25, 0.3) is 0 Å². The Morgan fingerprint density at radius 2 is 1.76 bits per heavy atom. The average molecular weight is 345 g/mol. The first kappa shape index (κ1) is 18.2. The number of nitrogens with zero attached hydrogens (tertiary/aromatic N) is 2. The number of piperidine rings is 1. The van der Waals surface area contributed by atoms with Crippen molar-refractivity contribution in [2.24, 2.45) is 5.92 Å². The van der Waals surface area contributed by atoms with E-state index >= 15 is 0 Å². The summed E-state index contributed by atoms with van der Waals surface area (Å²) in [6.07, 6.45) is 2.85. The van der Waals surface area contributed by atoms with Gasteiger partial charge in [0.15, 0.2) is 0 Å². The normalized spacial score (nSPS) is 25.8. The number of urea groups is 1. The summed E-state index contributed by atoms with van der Waals surface area (Å²) in [6.45, 7) is 9.83. The molecule has 2 aliphatic rings. The van der Waals surface area contributed by atoms with Crippen LogP contribution in [0.25, 0.3) is 0 Å². The maximum Gasteiger partial charge on any atom is 0.317 e. The molecule has 0 spiro atoms. The lowest BCUT2D eigenvalue weighted by Crippen LogP contribution is -2.49. The minimum Gasteiger partial charge on any atom is -0.373 e. The summed E-state index contributed by atoms with van der Waals surface area (Å²) < 4.78 is 5.81. The Kier molecular flexibility index (Phi) is 6.32. The molecule has 0 aliphatic carbocycles. The van der Waals surface area contributed by atoms with E-state index in [0.717, 1.165) is 51.1 Å². The van der Waals surface area contributed by atoms with Crippen LogP contribution in [0.15, 0.2) is 30.3 Å². The number of hydrogen-bond donors (Lipinski definition) is 1. The molecule has 2 fully saturated rings. The van der Waals surface area contributed by atoms with Gasteiger partial charge in [-0.25, -0.2) is 4.79 Å². The summed E-state index contributed by atoms with van der Waals surface area (Å²) in [5, 5.41) is 3.04. The molecule has 1 N–H and O–H groups in total. The summed E-state index contributed by atoms with van der Waals surface area (Å²) in [5.41, 5.74) is 1.14. The Morgan fingerprint density at radius 3 is 2.40 bits per heavy atom. The van der Waals surface area contributed by atoms with Crippen molar-refractivity contribution >= 4 is 6.03 Å². The van der Waals surface area contributed by atoms with Crippen LogP contribution < -0.4 is 5.32 Å². The third-order valence-corrected chi connectivity index (χ3v) is 5.20. The van der Waals surface area contributed by atoms with Crippen LogP contribution in [0.1, 0.15) is 32.3 Å². The fourth-order valence-electron chi connectivity index (χ4n) is 4.00. The molecule has 5 heteroatoms. The molecule has 2 aliphatic heterocycles. The first-order valence-electron chi connectivity index (χ1n) is 9.54. The molecule has 0 radical (unpaired) electrons. The second-order valence-electron chi connectivity index (χ2n) is 7.55. The summed E-state index contributed by atoms with van der Waals surface area (Å²) >= 11 is 0. The fraction of sp³-hybridized carbons (Fsp3) is 0.650. The lowest BCUT2D eigenvalue weighted by Gasteiger charge is -2.39. The number of hydrogen-bond acceptors (Lipinski definition) is 3. The number of carbonyl (C=O) groups is 1. The fourth-order valence-corrected chi connectivity index (χ4v) is 4.00. The van der Waals surface area contributed by atoms with Crippen molar-refractivity contribution in [1.82, 2.24) is 15.1 Å². The molecule has 25 heavy (non-hydrogen) atoms. The van der Waals surface area contributed by atoms with E-state index in [-0.39, 0.29) is 6.03 Å². The SMILES string of the molecule is C[C@H]1CN(CC2CCN(C(=O)NCc3ccccc3)CC2)C[C@H](C)O1. The molecule has 0 aromatic heterocycles. The smallest absolute Gasteiger partial charge is 0.317 e. The van der Waals surface area contributed by atoms with Gasteiger partial charge in [0.05, 0.1) is 12.2 Å². The van der Waals surface area contributed by atoms with Gasteiger partial charge < -0.3 is 15.0 Å². The predicted octanol–water partition coefficient (Wildman–Crippen LogP) is 2.72. The van der Waals surface area contributed by atoms with Crippen LogP contribution in [0.2, 0.25) is 0 Å². The molecule has 5 nitrogen and oxygen atoms in total. The summed E-state index contributed by atoms with van der Waals surface area (Å²) in [6, 6.07) is 10.1. The van der Waals surface area contributed by atoms with Crippen molar-refractivity contribution in [2.45, 2.75) is 45.4 Å². The maximum absolute atomic E-state index is 12.3. The van der Waals surface area contributed by atoms with Gasteiger partial charge in [-0.1, -0.05) is 30.3 Å². The van der Waals surface area contributed by atoms with Gasteiger partial charge in [-0.3, -0.25) is 4.90 Å². The van der Waals surface area contributed by atoms with Crippen molar-refractivity contribution in [3.8, 4) is 0 Å². The van der Waals surface area contributed by atoms with Crippen LogP contribution >= 0.6 is 0 Å². The van der Waals surface area contributed by atoms with Gasteiger partial charge in [-0.15, -0.1) is 0 Å². The molecule has 2 saturated heterocycles. The molecule has 2 amide bonds. The molecule has 0 unspecified atom stereocenters. The highest BCUT2D eigenvalue weighted by Gasteiger charge is 2.27. The largest absolute Gasteiger partial charge is 0.373 e. The minimum absolute atomic E-state index is 0.0657. The zero-order valence-electron chi connectivity index (χ0n) is 15.5. The van der Waals surface area contributed by atoms with Crippen molar-refractivity contribution in [3.05, 3.63) is 35.9 Å². The van der Waals surface area contributed by atoms with Crippen LogP contribution in [-0.2, 0) is 11.3 Å². The Hall–Kier alpha value is -1.59. The zero-order chi connectivity index (χ0) is 17.6. The molecule has 3 rings (SSSR count). The molecule has 1 aromatic carbocycles. The van der Waals surface area contributed by atoms with Gasteiger partial charge >= 0.3 is 6.03 Å². The van der Waals surface area contributed by atoms with E-state index in [9.17, 15) is 4.79 Å². The molecule has 1 aromatic rings. The van der Waals surface area contributed by atoms with Crippen molar-refractivity contribution < 1.29 is 9.53 Å². The lowest BCUT2D eigenvalue weighted by atomic mass is 9.96. The van der Waals surface area contributed by atoms with Crippen LogP contribution in [0, 0.1) is 5.92 Å². The van der Waals surface area contributed by atoms with Crippen LogP contribution in [0.4, 0.5) is 4.79 Å². The molecule has 0 bridgehead atoms. The highest BCUT2D eigenvalue weighted by Crippen LogP contribution is 2.21. The highest BCUT2D eigenvalue weighted by molar-refractivity contribution is 5.74. The van der Waals surface area contributed by atoms with E-state index in [1.807, 2.05) is 35.2 Å². The number of carbonyl (C=O) groups excluding carboxylic acids is 1. The number of nitrogens with one attached hydrogen (secondary N) is 1. The standard InChI is InChI=1S/C20H31N3O2/c1-16-13-22(14-17(2)25-16)15-19-8-10-23(11-9-19)20(24)21-12-18-6-4-3-5-7-18/h3-7,16-17,19H,8-15H2,1-2H3,(H,21,24)/t16-,17-/m0/s1. The average Bonchev–Trinajstić information content (AvgIpc) is 2.60. The number of ether oxygens (including phenoxy) is 1. The van der Waals surface area contributed by atoms with Gasteiger partial charge in [0.1, 0.15) is 0 Å². The van der Waals surface area contributed by atoms with E-state index in [1.54, 1.807) is 0 Å². The monoisotopic (exact) mass is 345 g/mol. The van der Waals surface area contributed by atoms with Crippen molar-refractivity contribution in [3.63, 3.8) is 0 Å². The summed E-state index contributed by atoms with van der Waals surface area (Å²) in [5.74, 6) is 0.690. The van der Waals surface area contributed by atoms with E-state index in [2.05, 4.69) is 24.1 Å². The second kappa shape index (κ2) is 8.68. The third kappa shape index (κ3) is 5.44. The van der Waals surface area contributed by atoms with Gasteiger partial charge in [-0.05, 0) is 38.2 Å². The Bertz CT molecular complexity index is 533. The van der Waals surface area contributed by atoms with Crippen molar-refractivity contribution in [1.29, 1.82) is 0 Å².